The second kappa shape index (κ2) is 6.39. The molecule has 0 aliphatic carbocycles. The van der Waals surface area contributed by atoms with Gasteiger partial charge in [-0.25, -0.2) is 14.5 Å². The van der Waals surface area contributed by atoms with Gasteiger partial charge in [-0.15, -0.1) is 0 Å². The lowest BCUT2D eigenvalue weighted by atomic mass is 9.93. The molecule has 0 spiro atoms. The van der Waals surface area contributed by atoms with Crippen LogP contribution in [0.1, 0.15) is 25.2 Å². The Hall–Kier alpha value is -3.15. The molecule has 0 radical (unpaired) electrons. The summed E-state index contributed by atoms with van der Waals surface area (Å²) in [6.45, 7) is 3.40. The van der Waals surface area contributed by atoms with E-state index in [-0.39, 0.29) is 5.56 Å². The van der Waals surface area contributed by atoms with Crippen LogP contribution in [0.4, 0.5) is 0 Å². The lowest BCUT2D eigenvalue weighted by Gasteiger charge is -2.29. The van der Waals surface area contributed by atoms with Crippen LogP contribution in [0.2, 0.25) is 0 Å². The van der Waals surface area contributed by atoms with Crippen LogP contribution in [-0.2, 0) is 16.8 Å². The fourth-order valence-corrected chi connectivity index (χ4v) is 2.76. The minimum atomic E-state index is -1.47. The number of aromatic nitrogens is 2. The second-order valence-electron chi connectivity index (χ2n) is 5.95. The third-order valence-electron chi connectivity index (χ3n) is 4.28. The Bertz CT molecular complexity index is 982. The number of nitrogens with zero attached hydrogens (tertiary/aromatic N) is 2. The number of carboxylic acid groups (broad SMARTS) is 1. The number of carboxylic acids is 1. The first kappa shape index (κ1) is 16.7. The monoisotopic (exact) mass is 337 g/mol. The molecule has 0 aliphatic heterocycles. The van der Waals surface area contributed by atoms with Crippen LogP contribution in [-0.4, -0.2) is 20.7 Å². The fraction of sp³-hybridized carbons (Fsp3) is 0.211. The van der Waals surface area contributed by atoms with E-state index in [4.69, 9.17) is 0 Å². The molecule has 25 heavy (non-hydrogen) atoms. The average molecular weight is 337 g/mol. The van der Waals surface area contributed by atoms with Gasteiger partial charge < -0.3 is 5.11 Å². The summed E-state index contributed by atoms with van der Waals surface area (Å²) >= 11 is 0. The van der Waals surface area contributed by atoms with Gasteiger partial charge >= 0.3 is 5.97 Å². The Morgan fingerprint density at radius 1 is 1.16 bits per heavy atom. The summed E-state index contributed by atoms with van der Waals surface area (Å²) in [5.41, 5.74) is 2.25. The van der Waals surface area contributed by atoms with E-state index in [9.17, 15) is 14.7 Å². The molecule has 0 amide bonds. The van der Waals surface area contributed by atoms with Crippen molar-refractivity contribution in [3.63, 3.8) is 0 Å². The zero-order valence-corrected chi connectivity index (χ0v) is 14.1. The average Bonchev–Trinajstić information content (AvgIpc) is 2.64. The maximum absolute atomic E-state index is 12.9. The van der Waals surface area contributed by atoms with Crippen LogP contribution in [0, 0.1) is 0 Å². The molecule has 1 heterocycles. The van der Waals surface area contributed by atoms with Crippen molar-refractivity contribution in [1.29, 1.82) is 0 Å². The van der Waals surface area contributed by atoms with E-state index in [0.717, 1.165) is 0 Å². The Labute approximate surface area is 144 Å². The molecule has 0 aliphatic rings. The molecule has 2 N–H and O–H groups in total. The van der Waals surface area contributed by atoms with Crippen molar-refractivity contribution in [1.82, 2.24) is 9.66 Å². The summed E-state index contributed by atoms with van der Waals surface area (Å²) in [5, 5.41) is 10.3. The van der Waals surface area contributed by atoms with Crippen molar-refractivity contribution in [2.24, 2.45) is 0 Å². The zero-order valence-electron chi connectivity index (χ0n) is 14.1. The van der Waals surface area contributed by atoms with Gasteiger partial charge in [-0.3, -0.25) is 10.2 Å². The van der Waals surface area contributed by atoms with Crippen LogP contribution >= 0.6 is 0 Å². The largest absolute Gasteiger partial charge is 0.479 e. The van der Waals surface area contributed by atoms with Crippen molar-refractivity contribution in [3.05, 3.63) is 76.3 Å². The third-order valence-corrected chi connectivity index (χ3v) is 4.28. The number of aryl methyl sites for hydroxylation is 1. The molecular formula is C19H19N3O3. The number of rotatable bonds is 5. The molecule has 3 aromatic rings. The first-order chi connectivity index (χ1) is 12.0. The summed E-state index contributed by atoms with van der Waals surface area (Å²) in [4.78, 5) is 29.4. The summed E-state index contributed by atoms with van der Waals surface area (Å²) in [7, 11) is 0. The summed E-state index contributed by atoms with van der Waals surface area (Å²) in [5.74, 6) is -0.604. The minimum Gasteiger partial charge on any atom is -0.479 e. The van der Waals surface area contributed by atoms with Gasteiger partial charge in [0.05, 0.1) is 10.9 Å². The van der Waals surface area contributed by atoms with Crippen molar-refractivity contribution < 1.29 is 9.90 Å². The Morgan fingerprint density at radius 2 is 1.80 bits per heavy atom. The molecular weight excluding hydrogens is 318 g/mol. The van der Waals surface area contributed by atoms with Crippen LogP contribution in [0.25, 0.3) is 10.9 Å². The lowest BCUT2D eigenvalue weighted by Crippen LogP contribution is -2.49. The summed E-state index contributed by atoms with van der Waals surface area (Å²) < 4.78 is 1.25. The van der Waals surface area contributed by atoms with Gasteiger partial charge in [0.25, 0.3) is 5.56 Å². The fourth-order valence-electron chi connectivity index (χ4n) is 2.76. The standard InChI is InChI=1S/C19H19N3O3/c1-3-16-20-15-12-8-7-11-14(15)17(23)22(16)21-19(2,18(24)25)13-9-5-4-6-10-13/h4-12,21H,3H2,1-2H3,(H,24,25). The molecule has 3 rings (SSSR count). The molecule has 0 saturated heterocycles. The normalized spacial score (nSPS) is 13.4. The number of nitrogens with one attached hydrogen (secondary N) is 1. The number of hydrogen-bond donors (Lipinski definition) is 2. The van der Waals surface area contributed by atoms with Gasteiger partial charge in [-0.1, -0.05) is 49.4 Å². The molecule has 0 bridgehead atoms. The topological polar surface area (TPSA) is 84.2 Å². The molecule has 0 fully saturated rings. The maximum atomic E-state index is 12.9. The van der Waals surface area contributed by atoms with Crippen LogP contribution in [0.3, 0.4) is 0 Å². The molecule has 1 unspecified atom stereocenters. The number of para-hydroxylation sites is 1. The van der Waals surface area contributed by atoms with Gasteiger partial charge in [0.2, 0.25) is 0 Å². The second-order valence-corrected chi connectivity index (χ2v) is 5.95. The molecule has 6 nitrogen and oxygen atoms in total. The van der Waals surface area contributed by atoms with E-state index in [2.05, 4.69) is 10.4 Å². The lowest BCUT2D eigenvalue weighted by molar-refractivity contribution is -0.142. The number of aliphatic carboxylic acids is 1. The predicted octanol–water partition coefficient (Wildman–Crippen LogP) is 2.50. The van der Waals surface area contributed by atoms with E-state index in [1.165, 1.54) is 11.6 Å². The van der Waals surface area contributed by atoms with Gasteiger partial charge in [-0.05, 0) is 24.6 Å². The highest BCUT2D eigenvalue weighted by Gasteiger charge is 2.36. The van der Waals surface area contributed by atoms with Crippen molar-refractivity contribution in [2.75, 3.05) is 5.43 Å². The van der Waals surface area contributed by atoms with Crippen molar-refractivity contribution in [2.45, 2.75) is 25.8 Å². The highest BCUT2D eigenvalue weighted by molar-refractivity contribution is 5.82. The van der Waals surface area contributed by atoms with Gasteiger partial charge in [0, 0.05) is 6.42 Å². The highest BCUT2D eigenvalue weighted by Crippen LogP contribution is 2.22. The number of hydrogen-bond acceptors (Lipinski definition) is 4. The maximum Gasteiger partial charge on any atom is 0.335 e. The molecule has 128 valence electrons. The summed E-state index contributed by atoms with van der Waals surface area (Å²) in [6.07, 6.45) is 0.484. The molecule has 1 atom stereocenters. The van der Waals surface area contributed by atoms with Crippen LogP contribution < -0.4 is 11.0 Å². The quantitative estimate of drug-likeness (QED) is 0.747. The van der Waals surface area contributed by atoms with E-state index in [1.807, 2.05) is 19.1 Å². The van der Waals surface area contributed by atoms with Gasteiger partial charge in [-0.2, -0.15) is 0 Å². The van der Waals surface area contributed by atoms with E-state index in [1.54, 1.807) is 42.5 Å². The van der Waals surface area contributed by atoms with E-state index in [0.29, 0.717) is 28.7 Å². The SMILES string of the molecule is CCc1nc2ccccc2c(=O)n1NC(C)(C(=O)O)c1ccccc1. The molecule has 6 heteroatoms. The first-order valence-corrected chi connectivity index (χ1v) is 8.05. The number of benzene rings is 2. The molecule has 2 aromatic carbocycles. The molecule has 1 aromatic heterocycles. The predicted molar refractivity (Wildman–Crippen MR) is 96.2 cm³/mol. The Kier molecular flexibility index (Phi) is 4.27. The Balaban J connectivity index is 2.20. The van der Waals surface area contributed by atoms with Gasteiger partial charge in [0.1, 0.15) is 5.82 Å². The van der Waals surface area contributed by atoms with Crippen LogP contribution in [0.5, 0.6) is 0 Å². The highest BCUT2D eigenvalue weighted by atomic mass is 16.4. The van der Waals surface area contributed by atoms with E-state index < -0.39 is 11.5 Å². The van der Waals surface area contributed by atoms with Crippen molar-refractivity contribution >= 4 is 16.9 Å². The van der Waals surface area contributed by atoms with Crippen molar-refractivity contribution in [3.8, 4) is 0 Å². The van der Waals surface area contributed by atoms with Gasteiger partial charge in [0.15, 0.2) is 5.54 Å². The van der Waals surface area contributed by atoms with E-state index >= 15 is 0 Å². The molecule has 0 saturated carbocycles. The smallest absolute Gasteiger partial charge is 0.335 e. The first-order valence-electron chi connectivity index (χ1n) is 8.05. The van der Waals surface area contributed by atoms with Crippen LogP contribution in [0.15, 0.2) is 59.4 Å². The number of carbonyl (C=O) groups is 1. The minimum absolute atomic E-state index is 0.314. The zero-order chi connectivity index (χ0) is 18.0. The Morgan fingerprint density at radius 3 is 2.44 bits per heavy atom. The summed E-state index contributed by atoms with van der Waals surface area (Å²) in [6, 6.07) is 15.8. The number of fused-ring (bicyclic) bond motifs is 1. The third kappa shape index (κ3) is 2.87.